The van der Waals surface area contributed by atoms with Crippen molar-refractivity contribution < 1.29 is 39.9 Å². The maximum atomic E-state index is 13.8. The number of aromatic hydroxyl groups is 1. The summed E-state index contributed by atoms with van der Waals surface area (Å²) in [5.41, 5.74) is 1.40. The molecule has 0 fully saturated rings. The van der Waals surface area contributed by atoms with Crippen molar-refractivity contribution in [3.63, 3.8) is 0 Å². The zero-order chi connectivity index (χ0) is 27.2. The van der Waals surface area contributed by atoms with Gasteiger partial charge in [-0.05, 0) is 31.0 Å². The van der Waals surface area contributed by atoms with E-state index >= 15 is 0 Å². The van der Waals surface area contributed by atoms with E-state index in [1.807, 2.05) is 20.8 Å². The Morgan fingerprint density at radius 3 is 2.19 bits per heavy atom. The molecule has 0 aromatic heterocycles. The first-order chi connectivity index (χ1) is 16.5. The van der Waals surface area contributed by atoms with E-state index in [4.69, 9.17) is 5.73 Å². The van der Waals surface area contributed by atoms with Crippen molar-refractivity contribution in [2.24, 2.45) is 17.6 Å². The number of nitrogens with two attached hydrogens (primary N) is 1. The molecule has 0 heterocycles. The van der Waals surface area contributed by atoms with Gasteiger partial charge in [0.15, 0.2) is 11.4 Å². The Balaban J connectivity index is 2.05. The normalized spacial score (nSPS) is 32.4. The van der Waals surface area contributed by atoms with Crippen molar-refractivity contribution in [3.8, 4) is 5.75 Å². The SMILES string of the molecule is C[C@@H]1c2ccc(C(C)(C)C)c(O)c2C(=O)C2=C(O)[C@@]3(O)C(=O)C(C(N)=O)=C(O)[C@H](N(C)C)[C@H]3[C@H](O)[C@H]21. The van der Waals surface area contributed by atoms with Crippen LogP contribution >= 0.6 is 0 Å². The summed E-state index contributed by atoms with van der Waals surface area (Å²) in [4.78, 5) is 40.6. The largest absolute Gasteiger partial charge is 0.510 e. The molecule has 3 aliphatic carbocycles. The summed E-state index contributed by atoms with van der Waals surface area (Å²) in [7, 11) is 2.99. The minimum absolute atomic E-state index is 0.0806. The molecule has 0 saturated carbocycles. The second-order valence-corrected chi connectivity index (χ2v) is 11.2. The number of carbonyl (C=O) groups is 3. The number of primary amides is 1. The Morgan fingerprint density at radius 1 is 1.11 bits per heavy atom. The number of carbonyl (C=O) groups excluding carboxylic acids is 3. The molecule has 4 rings (SSSR count). The summed E-state index contributed by atoms with van der Waals surface area (Å²) >= 11 is 0. The lowest BCUT2D eigenvalue weighted by Gasteiger charge is -2.53. The van der Waals surface area contributed by atoms with E-state index in [2.05, 4.69) is 0 Å². The van der Waals surface area contributed by atoms with Crippen molar-refractivity contribution >= 4 is 17.5 Å². The smallest absolute Gasteiger partial charge is 0.255 e. The molecule has 3 aliphatic rings. The number of ketones is 2. The van der Waals surface area contributed by atoms with E-state index in [-0.39, 0.29) is 11.3 Å². The molecular weight excluding hydrogens is 468 g/mol. The lowest BCUT2D eigenvalue weighted by Crippen LogP contribution is -2.68. The molecule has 1 aromatic carbocycles. The van der Waals surface area contributed by atoms with E-state index < -0.39 is 81.1 Å². The number of aliphatic hydroxyl groups excluding tert-OH is 3. The molecule has 6 atom stereocenters. The predicted octanol–water partition coefficient (Wildman–Crippen LogP) is 0.950. The molecule has 7 N–H and O–H groups in total. The zero-order valence-electron chi connectivity index (χ0n) is 21.0. The summed E-state index contributed by atoms with van der Waals surface area (Å²) in [6.07, 6.45) is -1.61. The molecule has 36 heavy (non-hydrogen) atoms. The second kappa shape index (κ2) is 7.89. The number of Topliss-reactive ketones (excluding diaryl/α,β-unsaturated/α-hetero) is 2. The van der Waals surface area contributed by atoms with Gasteiger partial charge in [-0.25, -0.2) is 0 Å². The number of hydrogen-bond donors (Lipinski definition) is 6. The molecular formula is C26H32N2O8. The van der Waals surface area contributed by atoms with Crippen molar-refractivity contribution in [2.75, 3.05) is 14.1 Å². The topological polar surface area (TPSA) is 182 Å². The maximum Gasteiger partial charge on any atom is 0.255 e. The van der Waals surface area contributed by atoms with Gasteiger partial charge < -0.3 is 31.3 Å². The number of rotatable bonds is 2. The minimum atomic E-state index is -2.92. The highest BCUT2D eigenvalue weighted by Gasteiger charge is 2.67. The molecule has 10 heteroatoms. The minimum Gasteiger partial charge on any atom is -0.510 e. The van der Waals surface area contributed by atoms with Gasteiger partial charge in [0.05, 0.1) is 23.6 Å². The Morgan fingerprint density at radius 2 is 1.69 bits per heavy atom. The third-order valence-electron chi connectivity index (χ3n) is 7.94. The van der Waals surface area contributed by atoms with Crippen LogP contribution in [0.5, 0.6) is 5.75 Å². The second-order valence-electron chi connectivity index (χ2n) is 11.2. The molecule has 1 amide bonds. The lowest BCUT2D eigenvalue weighted by atomic mass is 9.55. The highest BCUT2D eigenvalue weighted by Crippen LogP contribution is 2.56. The number of nitrogens with zero attached hydrogens (tertiary/aromatic N) is 1. The number of amides is 1. The van der Waals surface area contributed by atoms with Crippen LogP contribution in [0, 0.1) is 11.8 Å². The van der Waals surface area contributed by atoms with Gasteiger partial charge in [0.1, 0.15) is 22.8 Å². The van der Waals surface area contributed by atoms with Crippen LogP contribution in [0.15, 0.2) is 34.8 Å². The van der Waals surface area contributed by atoms with Gasteiger partial charge in [-0.1, -0.05) is 39.8 Å². The number of benzene rings is 1. The summed E-state index contributed by atoms with van der Waals surface area (Å²) in [5.74, 6) is -8.84. The number of phenolic OH excluding ortho intramolecular Hbond substituents is 1. The fourth-order valence-corrected chi connectivity index (χ4v) is 6.23. The zero-order valence-corrected chi connectivity index (χ0v) is 21.0. The summed E-state index contributed by atoms with van der Waals surface area (Å²) in [5, 5.41) is 56.6. The molecule has 10 nitrogen and oxygen atoms in total. The lowest BCUT2D eigenvalue weighted by molar-refractivity contribution is -0.162. The van der Waals surface area contributed by atoms with Gasteiger partial charge in [0, 0.05) is 17.1 Å². The van der Waals surface area contributed by atoms with Gasteiger partial charge in [-0.15, -0.1) is 0 Å². The number of fused-ring (bicyclic) bond motifs is 3. The van der Waals surface area contributed by atoms with E-state index in [1.54, 1.807) is 19.1 Å². The van der Waals surface area contributed by atoms with Gasteiger partial charge in [0.2, 0.25) is 5.78 Å². The third-order valence-corrected chi connectivity index (χ3v) is 7.94. The van der Waals surface area contributed by atoms with Crippen LogP contribution in [0.1, 0.15) is 55.1 Å². The van der Waals surface area contributed by atoms with E-state index in [9.17, 15) is 39.9 Å². The van der Waals surface area contributed by atoms with Crippen LogP contribution < -0.4 is 5.73 Å². The van der Waals surface area contributed by atoms with E-state index in [1.165, 1.54) is 19.0 Å². The third kappa shape index (κ3) is 3.11. The van der Waals surface area contributed by atoms with E-state index in [0.717, 1.165) is 0 Å². The summed E-state index contributed by atoms with van der Waals surface area (Å²) < 4.78 is 0. The Hall–Kier alpha value is -3.21. The Labute approximate surface area is 208 Å². The van der Waals surface area contributed by atoms with Gasteiger partial charge >= 0.3 is 0 Å². The Kier molecular flexibility index (Phi) is 5.67. The molecule has 0 aliphatic heterocycles. The standard InChI is InChI=1S/C26H32N2O8/c1-9-10-7-8-11(25(2,3)4)18(29)13(10)19(30)14-12(9)20(31)16-17(28(5)6)21(32)15(24(27)35)23(34)26(16,36)22(14)33/h7-9,12,16-17,20,29,31-33,36H,1-6H3,(H2,27,35)/t9-,12+,16+,17-,20-,26-/m1/s1. The van der Waals surface area contributed by atoms with Crippen LogP contribution in [0.4, 0.5) is 0 Å². The van der Waals surface area contributed by atoms with Crippen LogP contribution in [0.25, 0.3) is 0 Å². The summed E-state index contributed by atoms with van der Waals surface area (Å²) in [6.45, 7) is 7.27. The molecule has 0 unspecified atom stereocenters. The molecule has 0 spiro atoms. The van der Waals surface area contributed by atoms with Crippen LogP contribution in [0.3, 0.4) is 0 Å². The van der Waals surface area contributed by atoms with Crippen LogP contribution in [-0.4, -0.2) is 79.7 Å². The van der Waals surface area contributed by atoms with Crippen LogP contribution in [-0.2, 0) is 15.0 Å². The first-order valence-electron chi connectivity index (χ1n) is 11.7. The number of phenols is 1. The predicted molar refractivity (Wildman–Crippen MR) is 128 cm³/mol. The van der Waals surface area contributed by atoms with Gasteiger partial charge in [0.25, 0.3) is 5.91 Å². The van der Waals surface area contributed by atoms with Crippen molar-refractivity contribution in [1.82, 2.24) is 4.90 Å². The number of aliphatic hydroxyl groups is 4. The maximum absolute atomic E-state index is 13.8. The fourth-order valence-electron chi connectivity index (χ4n) is 6.23. The van der Waals surface area contributed by atoms with Gasteiger partial charge in [-0.2, -0.15) is 0 Å². The number of hydrogen-bond acceptors (Lipinski definition) is 9. The molecule has 0 radical (unpaired) electrons. The van der Waals surface area contributed by atoms with Crippen molar-refractivity contribution in [3.05, 3.63) is 51.5 Å². The van der Waals surface area contributed by atoms with Crippen molar-refractivity contribution in [1.29, 1.82) is 0 Å². The average molecular weight is 501 g/mol. The fraction of sp³-hybridized carbons (Fsp3) is 0.500. The highest BCUT2D eigenvalue weighted by atomic mass is 16.4. The first-order valence-corrected chi connectivity index (χ1v) is 11.7. The monoisotopic (exact) mass is 500 g/mol. The van der Waals surface area contributed by atoms with Crippen LogP contribution in [0.2, 0.25) is 0 Å². The quantitative estimate of drug-likeness (QED) is 0.322. The van der Waals surface area contributed by atoms with Gasteiger partial charge in [-0.3, -0.25) is 19.3 Å². The van der Waals surface area contributed by atoms with E-state index in [0.29, 0.717) is 11.1 Å². The average Bonchev–Trinajstić information content (AvgIpc) is 2.75. The molecule has 194 valence electrons. The summed E-state index contributed by atoms with van der Waals surface area (Å²) in [6, 6.07) is 2.12. The molecule has 1 aromatic rings. The Bertz CT molecular complexity index is 1270. The highest BCUT2D eigenvalue weighted by molar-refractivity contribution is 6.25. The number of likely N-dealkylation sites (N-methyl/N-ethyl adjacent to an activating group) is 1. The molecule has 0 bridgehead atoms. The first kappa shape index (κ1) is 25.9. The van der Waals surface area contributed by atoms with Crippen molar-refractivity contribution in [2.45, 2.75) is 56.8 Å². The molecule has 0 saturated heterocycles.